The molecule has 1 aliphatic carbocycles. The summed E-state index contributed by atoms with van der Waals surface area (Å²) in [6, 6.07) is 8.87. The zero-order valence-corrected chi connectivity index (χ0v) is 12.5. The van der Waals surface area contributed by atoms with Crippen LogP contribution in [0.15, 0.2) is 24.3 Å². The standard InChI is InChI=1S/C17H27NO/c1-13-4-8-15(9-5-13)17(19)12-18(3)16-10-6-14(2)7-11-16/h4-5,8-9,14,16-17,19H,6-7,10-12H2,1-3H3. The quantitative estimate of drug-likeness (QED) is 0.896. The Labute approximate surface area is 117 Å². The highest BCUT2D eigenvalue weighted by atomic mass is 16.3. The Kier molecular flexibility index (Phi) is 5.00. The summed E-state index contributed by atoms with van der Waals surface area (Å²) in [5.74, 6) is 0.881. The van der Waals surface area contributed by atoms with Gasteiger partial charge in [-0.1, -0.05) is 36.8 Å². The number of hydrogen-bond donors (Lipinski definition) is 1. The van der Waals surface area contributed by atoms with Crippen LogP contribution in [0.3, 0.4) is 0 Å². The Morgan fingerprint density at radius 1 is 1.16 bits per heavy atom. The lowest BCUT2D eigenvalue weighted by molar-refractivity contribution is 0.0857. The molecule has 0 radical (unpaired) electrons. The number of likely N-dealkylation sites (N-methyl/N-ethyl adjacent to an activating group) is 1. The second-order valence-electron chi connectivity index (χ2n) is 6.28. The molecule has 0 spiro atoms. The smallest absolute Gasteiger partial charge is 0.0916 e. The van der Waals surface area contributed by atoms with Gasteiger partial charge >= 0.3 is 0 Å². The lowest BCUT2D eigenvalue weighted by atomic mass is 9.86. The first-order valence-corrected chi connectivity index (χ1v) is 7.51. The van der Waals surface area contributed by atoms with Crippen LogP contribution >= 0.6 is 0 Å². The van der Waals surface area contributed by atoms with Gasteiger partial charge in [0.1, 0.15) is 0 Å². The van der Waals surface area contributed by atoms with Crippen LogP contribution in [0.2, 0.25) is 0 Å². The topological polar surface area (TPSA) is 23.5 Å². The fourth-order valence-corrected chi connectivity index (χ4v) is 3.00. The van der Waals surface area contributed by atoms with Crippen molar-refractivity contribution in [2.45, 2.75) is 51.7 Å². The number of nitrogens with zero attached hydrogens (tertiary/aromatic N) is 1. The summed E-state index contributed by atoms with van der Waals surface area (Å²) in [4.78, 5) is 2.34. The van der Waals surface area contributed by atoms with E-state index in [9.17, 15) is 5.11 Å². The molecule has 2 heteroatoms. The van der Waals surface area contributed by atoms with Gasteiger partial charge in [0.15, 0.2) is 0 Å². The SMILES string of the molecule is Cc1ccc(C(O)CN(C)C2CCC(C)CC2)cc1. The third kappa shape index (κ3) is 4.05. The molecule has 19 heavy (non-hydrogen) atoms. The van der Waals surface area contributed by atoms with Crippen LogP contribution in [0.4, 0.5) is 0 Å². The number of aliphatic hydroxyl groups is 1. The molecule has 0 amide bonds. The predicted octanol–water partition coefficient (Wildman–Crippen LogP) is 3.54. The first kappa shape index (κ1) is 14.5. The third-order valence-corrected chi connectivity index (χ3v) is 4.53. The fourth-order valence-electron chi connectivity index (χ4n) is 3.00. The third-order valence-electron chi connectivity index (χ3n) is 4.53. The van der Waals surface area contributed by atoms with Crippen LogP contribution in [-0.2, 0) is 0 Å². The molecular formula is C17H27NO. The molecule has 106 valence electrons. The van der Waals surface area contributed by atoms with Gasteiger partial charge in [0, 0.05) is 12.6 Å². The van der Waals surface area contributed by atoms with Crippen LogP contribution in [-0.4, -0.2) is 29.6 Å². The normalized spacial score (nSPS) is 25.5. The summed E-state index contributed by atoms with van der Waals surface area (Å²) >= 11 is 0. The molecule has 1 aromatic carbocycles. The maximum atomic E-state index is 10.3. The van der Waals surface area contributed by atoms with E-state index in [0.717, 1.165) is 18.0 Å². The molecule has 1 aliphatic rings. The van der Waals surface area contributed by atoms with Crippen molar-refractivity contribution >= 4 is 0 Å². The molecule has 1 saturated carbocycles. The van der Waals surface area contributed by atoms with E-state index < -0.39 is 0 Å². The zero-order valence-electron chi connectivity index (χ0n) is 12.5. The second-order valence-corrected chi connectivity index (χ2v) is 6.28. The van der Waals surface area contributed by atoms with Crippen molar-refractivity contribution in [3.8, 4) is 0 Å². The van der Waals surface area contributed by atoms with Crippen molar-refractivity contribution in [2.24, 2.45) is 5.92 Å². The van der Waals surface area contributed by atoms with Gasteiger partial charge in [0.05, 0.1) is 6.10 Å². The average molecular weight is 261 g/mol. The molecule has 0 bridgehead atoms. The number of rotatable bonds is 4. The minimum absolute atomic E-state index is 0.370. The summed E-state index contributed by atoms with van der Waals surface area (Å²) in [5.41, 5.74) is 2.27. The lowest BCUT2D eigenvalue weighted by Crippen LogP contribution is -2.37. The number of aliphatic hydroxyl groups excluding tert-OH is 1. The highest BCUT2D eigenvalue weighted by Gasteiger charge is 2.23. The van der Waals surface area contributed by atoms with E-state index in [4.69, 9.17) is 0 Å². The Morgan fingerprint density at radius 2 is 1.74 bits per heavy atom. The van der Waals surface area contributed by atoms with Gasteiger partial charge in [-0.3, -0.25) is 0 Å². The molecule has 1 fully saturated rings. The second kappa shape index (κ2) is 6.53. The molecule has 1 aromatic rings. The van der Waals surface area contributed by atoms with Gasteiger partial charge in [-0.15, -0.1) is 0 Å². The minimum Gasteiger partial charge on any atom is -0.387 e. The number of hydrogen-bond acceptors (Lipinski definition) is 2. The van der Waals surface area contributed by atoms with E-state index in [2.05, 4.69) is 37.9 Å². The molecule has 0 saturated heterocycles. The maximum absolute atomic E-state index is 10.3. The summed E-state index contributed by atoms with van der Waals surface area (Å²) in [6.45, 7) is 5.16. The van der Waals surface area contributed by atoms with Gasteiger partial charge in [0.2, 0.25) is 0 Å². The van der Waals surface area contributed by atoms with Gasteiger partial charge in [-0.05, 0) is 51.1 Å². The Hall–Kier alpha value is -0.860. The molecule has 0 aromatic heterocycles. The Morgan fingerprint density at radius 3 is 2.32 bits per heavy atom. The number of aryl methyl sites for hydroxylation is 1. The minimum atomic E-state index is -0.370. The van der Waals surface area contributed by atoms with Crippen molar-refractivity contribution in [2.75, 3.05) is 13.6 Å². The van der Waals surface area contributed by atoms with Crippen molar-refractivity contribution in [1.82, 2.24) is 4.90 Å². The van der Waals surface area contributed by atoms with Crippen molar-refractivity contribution < 1.29 is 5.11 Å². The van der Waals surface area contributed by atoms with Crippen LogP contribution in [0.1, 0.15) is 49.8 Å². The summed E-state index contributed by atoms with van der Waals surface area (Å²) < 4.78 is 0. The Bertz CT molecular complexity index is 379. The van der Waals surface area contributed by atoms with Gasteiger partial charge < -0.3 is 10.0 Å². The lowest BCUT2D eigenvalue weighted by Gasteiger charge is -2.34. The molecular weight excluding hydrogens is 234 g/mol. The molecule has 2 rings (SSSR count). The maximum Gasteiger partial charge on any atom is 0.0916 e. The average Bonchev–Trinajstić information content (AvgIpc) is 2.40. The van der Waals surface area contributed by atoms with E-state index in [1.807, 2.05) is 12.1 Å². The monoisotopic (exact) mass is 261 g/mol. The molecule has 2 nitrogen and oxygen atoms in total. The van der Waals surface area contributed by atoms with Crippen LogP contribution in [0.25, 0.3) is 0 Å². The molecule has 1 N–H and O–H groups in total. The van der Waals surface area contributed by atoms with Crippen LogP contribution in [0, 0.1) is 12.8 Å². The van der Waals surface area contributed by atoms with E-state index in [1.54, 1.807) is 0 Å². The van der Waals surface area contributed by atoms with E-state index in [0.29, 0.717) is 6.04 Å². The first-order valence-electron chi connectivity index (χ1n) is 7.51. The highest BCUT2D eigenvalue weighted by Crippen LogP contribution is 2.27. The molecule has 1 atom stereocenters. The van der Waals surface area contributed by atoms with E-state index in [-0.39, 0.29) is 6.10 Å². The first-order chi connectivity index (χ1) is 9.06. The van der Waals surface area contributed by atoms with Crippen molar-refractivity contribution in [1.29, 1.82) is 0 Å². The summed E-state index contributed by atoms with van der Waals surface area (Å²) in [5, 5.41) is 10.3. The van der Waals surface area contributed by atoms with E-state index in [1.165, 1.54) is 31.2 Å². The van der Waals surface area contributed by atoms with Gasteiger partial charge in [0.25, 0.3) is 0 Å². The summed E-state index contributed by atoms with van der Waals surface area (Å²) in [6.07, 6.45) is 4.84. The van der Waals surface area contributed by atoms with Crippen LogP contribution in [0.5, 0.6) is 0 Å². The van der Waals surface area contributed by atoms with Crippen molar-refractivity contribution in [3.05, 3.63) is 35.4 Å². The fraction of sp³-hybridized carbons (Fsp3) is 0.647. The van der Waals surface area contributed by atoms with Gasteiger partial charge in [-0.2, -0.15) is 0 Å². The highest BCUT2D eigenvalue weighted by molar-refractivity contribution is 5.23. The van der Waals surface area contributed by atoms with E-state index >= 15 is 0 Å². The summed E-state index contributed by atoms with van der Waals surface area (Å²) in [7, 11) is 2.15. The largest absolute Gasteiger partial charge is 0.387 e. The zero-order chi connectivity index (χ0) is 13.8. The number of benzene rings is 1. The Balaban J connectivity index is 1.87. The molecule has 1 unspecified atom stereocenters. The predicted molar refractivity (Wildman–Crippen MR) is 80.2 cm³/mol. The molecule has 0 aliphatic heterocycles. The van der Waals surface area contributed by atoms with Gasteiger partial charge in [-0.25, -0.2) is 0 Å². The molecule has 0 heterocycles. The van der Waals surface area contributed by atoms with Crippen LogP contribution < -0.4 is 0 Å². The van der Waals surface area contributed by atoms with Crippen molar-refractivity contribution in [3.63, 3.8) is 0 Å².